The van der Waals surface area contributed by atoms with Crippen LogP contribution in [0.15, 0.2) is 71.7 Å². The van der Waals surface area contributed by atoms with Crippen molar-refractivity contribution in [1.29, 1.82) is 0 Å². The van der Waals surface area contributed by atoms with E-state index in [2.05, 4.69) is 10.3 Å². The quantitative estimate of drug-likeness (QED) is 0.415. The topological polar surface area (TPSA) is 117 Å². The van der Waals surface area contributed by atoms with Gasteiger partial charge in [-0.15, -0.1) is 0 Å². The summed E-state index contributed by atoms with van der Waals surface area (Å²) in [5.41, 5.74) is 1.81. The van der Waals surface area contributed by atoms with Gasteiger partial charge in [-0.25, -0.2) is 14.6 Å². The van der Waals surface area contributed by atoms with Gasteiger partial charge < -0.3 is 14.8 Å². The number of esters is 2. The molecule has 2 aromatic heterocycles. The molecular formula is C27H23N3O6. The Morgan fingerprint density at radius 3 is 2.33 bits per heavy atom. The van der Waals surface area contributed by atoms with Crippen molar-refractivity contribution in [2.45, 2.75) is 13.5 Å². The highest BCUT2D eigenvalue weighted by atomic mass is 16.5. The van der Waals surface area contributed by atoms with Gasteiger partial charge in [-0.3, -0.25) is 14.2 Å². The van der Waals surface area contributed by atoms with E-state index in [0.717, 1.165) is 11.1 Å². The molecule has 0 saturated carbocycles. The van der Waals surface area contributed by atoms with E-state index in [-0.39, 0.29) is 28.9 Å². The number of nitrogens with zero attached hydrogens (tertiary/aromatic N) is 2. The molecule has 2 heterocycles. The van der Waals surface area contributed by atoms with Crippen molar-refractivity contribution in [1.82, 2.24) is 9.55 Å². The highest BCUT2D eigenvalue weighted by Gasteiger charge is 2.21. The number of aromatic nitrogens is 2. The second kappa shape index (κ2) is 10.2. The second-order valence-corrected chi connectivity index (χ2v) is 8.05. The third kappa shape index (κ3) is 4.85. The molecule has 4 aromatic rings. The molecule has 36 heavy (non-hydrogen) atoms. The monoisotopic (exact) mass is 485 g/mol. The van der Waals surface area contributed by atoms with Crippen molar-refractivity contribution in [2.75, 3.05) is 19.5 Å². The van der Waals surface area contributed by atoms with Crippen molar-refractivity contribution < 1.29 is 23.9 Å². The Balaban J connectivity index is 1.79. The van der Waals surface area contributed by atoms with Gasteiger partial charge in [0.05, 0.1) is 37.6 Å². The van der Waals surface area contributed by atoms with Crippen molar-refractivity contribution in [2.24, 2.45) is 0 Å². The van der Waals surface area contributed by atoms with Crippen LogP contribution in [0.3, 0.4) is 0 Å². The van der Waals surface area contributed by atoms with E-state index in [0.29, 0.717) is 11.0 Å². The minimum absolute atomic E-state index is 0.00511. The number of carbonyl (C=O) groups excluding carboxylic acids is 3. The van der Waals surface area contributed by atoms with Gasteiger partial charge in [0.2, 0.25) is 0 Å². The molecule has 1 N–H and O–H groups in total. The average Bonchev–Trinajstić information content (AvgIpc) is 2.90. The first kappa shape index (κ1) is 24.3. The molecule has 4 rings (SSSR count). The number of hydrogen-bond donors (Lipinski definition) is 1. The maximum Gasteiger partial charge on any atom is 0.339 e. The summed E-state index contributed by atoms with van der Waals surface area (Å²) >= 11 is 0. The maximum atomic E-state index is 13.5. The zero-order valence-electron chi connectivity index (χ0n) is 19.9. The van der Waals surface area contributed by atoms with Crippen LogP contribution in [0.5, 0.6) is 0 Å². The van der Waals surface area contributed by atoms with E-state index in [1.807, 2.05) is 31.2 Å². The van der Waals surface area contributed by atoms with E-state index >= 15 is 0 Å². The van der Waals surface area contributed by atoms with Gasteiger partial charge in [0.15, 0.2) is 0 Å². The first-order valence-electron chi connectivity index (χ1n) is 11.0. The molecule has 0 fully saturated rings. The Bertz CT molecular complexity index is 1540. The molecular weight excluding hydrogens is 462 g/mol. The highest BCUT2D eigenvalue weighted by Crippen LogP contribution is 2.21. The van der Waals surface area contributed by atoms with Crippen molar-refractivity contribution in [3.63, 3.8) is 0 Å². The van der Waals surface area contributed by atoms with Gasteiger partial charge in [-0.1, -0.05) is 29.8 Å². The van der Waals surface area contributed by atoms with Gasteiger partial charge in [-0.2, -0.15) is 0 Å². The second-order valence-electron chi connectivity index (χ2n) is 8.05. The van der Waals surface area contributed by atoms with E-state index < -0.39 is 23.4 Å². The third-order valence-corrected chi connectivity index (χ3v) is 5.65. The number of amides is 1. The number of fused-ring (bicyclic) bond motifs is 1. The summed E-state index contributed by atoms with van der Waals surface area (Å²) in [6.07, 6.45) is 1.58. The van der Waals surface area contributed by atoms with Crippen LogP contribution in [0.1, 0.15) is 42.2 Å². The van der Waals surface area contributed by atoms with Crippen LogP contribution in [0, 0.1) is 6.92 Å². The molecule has 0 radical (unpaired) electrons. The number of benzene rings is 2. The van der Waals surface area contributed by atoms with E-state index in [1.165, 1.54) is 43.1 Å². The van der Waals surface area contributed by atoms with Crippen LogP contribution in [-0.4, -0.2) is 41.6 Å². The summed E-state index contributed by atoms with van der Waals surface area (Å²) in [5.74, 6) is -2.13. The SMILES string of the molecule is COC(=O)c1ccc(C(=O)OC)c(NC(=O)c2cc3cccnc3n(Cc3ccc(C)cc3)c2=O)c1. The van der Waals surface area contributed by atoms with Crippen LogP contribution in [-0.2, 0) is 16.0 Å². The van der Waals surface area contributed by atoms with E-state index in [4.69, 9.17) is 9.47 Å². The largest absolute Gasteiger partial charge is 0.465 e. The van der Waals surface area contributed by atoms with Gasteiger partial charge in [0, 0.05) is 11.6 Å². The van der Waals surface area contributed by atoms with E-state index in [9.17, 15) is 19.2 Å². The summed E-state index contributed by atoms with van der Waals surface area (Å²) in [6, 6.07) is 16.6. The van der Waals surface area contributed by atoms with Crippen LogP contribution in [0.4, 0.5) is 5.69 Å². The van der Waals surface area contributed by atoms with Gasteiger partial charge in [0.25, 0.3) is 11.5 Å². The Kier molecular flexibility index (Phi) is 6.91. The molecule has 1 amide bonds. The summed E-state index contributed by atoms with van der Waals surface area (Å²) in [4.78, 5) is 55.4. The zero-order valence-corrected chi connectivity index (χ0v) is 19.9. The first-order valence-corrected chi connectivity index (χ1v) is 11.0. The predicted octanol–water partition coefficient (Wildman–Crippen LogP) is 3.58. The number of methoxy groups -OCH3 is 2. The summed E-state index contributed by atoms with van der Waals surface area (Å²) in [5, 5.41) is 3.17. The molecule has 0 bridgehead atoms. The number of ether oxygens (including phenoxy) is 2. The standard InChI is InChI=1S/C27H23N3O6/c1-16-6-8-17(9-7-16)15-30-23-18(5-4-12-28-23)13-21(25(30)32)24(31)29-22-14-19(26(33)35-2)10-11-20(22)27(34)36-3/h4-14H,15H2,1-3H3,(H,29,31). The Morgan fingerprint density at radius 2 is 1.64 bits per heavy atom. The molecule has 0 saturated heterocycles. The van der Waals surface area contributed by atoms with Crippen molar-refractivity contribution in [3.05, 3.63) is 105 Å². The minimum atomic E-state index is -0.754. The maximum absolute atomic E-state index is 13.5. The van der Waals surface area contributed by atoms with Crippen LogP contribution in [0.25, 0.3) is 11.0 Å². The molecule has 0 spiro atoms. The van der Waals surface area contributed by atoms with Gasteiger partial charge >= 0.3 is 11.9 Å². The zero-order chi connectivity index (χ0) is 25.8. The molecule has 9 nitrogen and oxygen atoms in total. The lowest BCUT2D eigenvalue weighted by atomic mass is 10.1. The fraction of sp³-hybridized carbons (Fsp3) is 0.148. The number of aryl methyl sites for hydroxylation is 1. The number of hydrogen-bond acceptors (Lipinski definition) is 7. The number of pyridine rings is 2. The Morgan fingerprint density at radius 1 is 0.917 bits per heavy atom. The first-order chi connectivity index (χ1) is 17.3. The lowest BCUT2D eigenvalue weighted by Gasteiger charge is -2.14. The predicted molar refractivity (Wildman–Crippen MR) is 133 cm³/mol. The number of carbonyl (C=O) groups is 3. The van der Waals surface area contributed by atoms with Crippen molar-refractivity contribution in [3.8, 4) is 0 Å². The van der Waals surface area contributed by atoms with Crippen molar-refractivity contribution >= 4 is 34.6 Å². The Labute approximate surface area is 206 Å². The molecule has 0 atom stereocenters. The minimum Gasteiger partial charge on any atom is -0.465 e. The van der Waals surface area contributed by atoms with Gasteiger partial charge in [-0.05, 0) is 48.9 Å². The number of rotatable bonds is 6. The third-order valence-electron chi connectivity index (χ3n) is 5.65. The molecule has 2 aromatic carbocycles. The summed E-state index contributed by atoms with van der Waals surface area (Å²) in [6.45, 7) is 2.18. The lowest BCUT2D eigenvalue weighted by Crippen LogP contribution is -2.30. The molecule has 0 aliphatic carbocycles. The molecule has 182 valence electrons. The fourth-order valence-corrected chi connectivity index (χ4v) is 3.76. The van der Waals surface area contributed by atoms with Crippen LogP contribution in [0.2, 0.25) is 0 Å². The molecule has 0 aliphatic heterocycles. The molecule has 0 aliphatic rings. The molecule has 9 heteroatoms. The average molecular weight is 485 g/mol. The summed E-state index contributed by atoms with van der Waals surface area (Å²) in [7, 11) is 2.41. The Hall–Kier alpha value is -4.79. The van der Waals surface area contributed by atoms with E-state index in [1.54, 1.807) is 18.3 Å². The van der Waals surface area contributed by atoms with Crippen LogP contribution < -0.4 is 10.9 Å². The fourth-order valence-electron chi connectivity index (χ4n) is 3.76. The smallest absolute Gasteiger partial charge is 0.339 e. The summed E-state index contributed by atoms with van der Waals surface area (Å²) < 4.78 is 10.9. The van der Waals surface area contributed by atoms with Gasteiger partial charge in [0.1, 0.15) is 11.2 Å². The lowest BCUT2D eigenvalue weighted by molar-refractivity contribution is 0.0587. The normalized spacial score (nSPS) is 10.6. The number of nitrogens with one attached hydrogen (secondary N) is 1. The van der Waals surface area contributed by atoms with Crippen LogP contribution >= 0.6 is 0 Å². The number of anilines is 1. The highest BCUT2D eigenvalue weighted by molar-refractivity contribution is 6.09. The molecule has 0 unspecified atom stereocenters.